The summed E-state index contributed by atoms with van der Waals surface area (Å²) in [6, 6.07) is 0. The van der Waals surface area contributed by atoms with Crippen LogP contribution in [0.1, 0.15) is 25.7 Å². The van der Waals surface area contributed by atoms with E-state index in [4.69, 9.17) is 14.7 Å². The molecule has 0 atom stereocenters. The van der Waals surface area contributed by atoms with Crippen molar-refractivity contribution in [1.29, 1.82) is 0 Å². The second-order valence-corrected chi connectivity index (χ2v) is 3.22. The van der Waals surface area contributed by atoms with Crippen molar-refractivity contribution in [3.05, 3.63) is 12.7 Å². The zero-order valence-electron chi connectivity index (χ0n) is 9.32. The highest BCUT2D eigenvalue weighted by Crippen LogP contribution is 1.94. The van der Waals surface area contributed by atoms with E-state index in [1.165, 1.54) is 0 Å². The lowest BCUT2D eigenvalue weighted by atomic mass is 10.3. The quantitative estimate of drug-likeness (QED) is 0.236. The van der Waals surface area contributed by atoms with Gasteiger partial charge in [-0.25, -0.2) is 4.89 Å². The zero-order valence-corrected chi connectivity index (χ0v) is 9.32. The molecule has 15 heavy (non-hydrogen) atoms. The molecular formula is C11H22O4. The fraction of sp³-hybridized carbons (Fsp3) is 0.818. The molecular weight excluding hydrogens is 196 g/mol. The number of hydrogen-bond donors (Lipinski definition) is 1. The van der Waals surface area contributed by atoms with Crippen LogP contribution in [0, 0.1) is 0 Å². The summed E-state index contributed by atoms with van der Waals surface area (Å²) in [6.07, 6.45) is 5.55. The minimum Gasteiger partial charge on any atom is -0.381 e. The van der Waals surface area contributed by atoms with Gasteiger partial charge in [0, 0.05) is 19.8 Å². The van der Waals surface area contributed by atoms with Gasteiger partial charge in [0.15, 0.2) is 0 Å². The third kappa shape index (κ3) is 13.6. The molecule has 1 N–H and O–H groups in total. The van der Waals surface area contributed by atoms with Crippen molar-refractivity contribution in [2.24, 2.45) is 0 Å². The van der Waals surface area contributed by atoms with Crippen LogP contribution < -0.4 is 0 Å². The van der Waals surface area contributed by atoms with Crippen LogP contribution in [-0.4, -0.2) is 38.3 Å². The SMILES string of the molecule is C=CCOCCCCOCCCCOO. The molecule has 0 unspecified atom stereocenters. The molecule has 0 radical (unpaired) electrons. The highest BCUT2D eigenvalue weighted by atomic mass is 17.1. The van der Waals surface area contributed by atoms with Gasteiger partial charge in [-0.2, -0.15) is 0 Å². The summed E-state index contributed by atoms with van der Waals surface area (Å²) in [7, 11) is 0. The Morgan fingerprint density at radius 3 is 1.93 bits per heavy atom. The maximum atomic E-state index is 8.05. The van der Waals surface area contributed by atoms with E-state index in [0.29, 0.717) is 13.2 Å². The molecule has 4 nitrogen and oxygen atoms in total. The molecule has 0 aromatic heterocycles. The predicted molar refractivity (Wildman–Crippen MR) is 58.9 cm³/mol. The molecule has 4 heteroatoms. The molecule has 0 aromatic carbocycles. The Hall–Kier alpha value is -0.420. The van der Waals surface area contributed by atoms with Crippen molar-refractivity contribution >= 4 is 0 Å². The third-order valence-electron chi connectivity index (χ3n) is 1.84. The van der Waals surface area contributed by atoms with Crippen molar-refractivity contribution in [2.75, 3.05) is 33.0 Å². The number of hydrogen-bond acceptors (Lipinski definition) is 4. The van der Waals surface area contributed by atoms with Crippen molar-refractivity contribution in [2.45, 2.75) is 25.7 Å². The largest absolute Gasteiger partial charge is 0.381 e. The lowest BCUT2D eigenvalue weighted by molar-refractivity contribution is -0.243. The predicted octanol–water partition coefficient (Wildman–Crippen LogP) is 2.26. The smallest absolute Gasteiger partial charge is 0.0820 e. The first-order valence-electron chi connectivity index (χ1n) is 5.44. The topological polar surface area (TPSA) is 47.9 Å². The summed E-state index contributed by atoms with van der Waals surface area (Å²) in [5, 5.41) is 8.05. The van der Waals surface area contributed by atoms with Crippen molar-refractivity contribution in [1.82, 2.24) is 0 Å². The first kappa shape index (κ1) is 14.6. The number of ether oxygens (including phenoxy) is 2. The van der Waals surface area contributed by atoms with E-state index < -0.39 is 0 Å². The summed E-state index contributed by atoms with van der Waals surface area (Å²) >= 11 is 0. The van der Waals surface area contributed by atoms with E-state index >= 15 is 0 Å². The van der Waals surface area contributed by atoms with Crippen LogP contribution in [0.2, 0.25) is 0 Å². The molecule has 0 aliphatic carbocycles. The summed E-state index contributed by atoms with van der Waals surface area (Å²) in [5.41, 5.74) is 0. The van der Waals surface area contributed by atoms with Crippen LogP contribution in [-0.2, 0) is 14.4 Å². The molecule has 0 fully saturated rings. The van der Waals surface area contributed by atoms with Gasteiger partial charge in [-0.1, -0.05) is 6.08 Å². The number of rotatable bonds is 12. The molecule has 0 aliphatic rings. The molecule has 0 aromatic rings. The molecule has 0 bridgehead atoms. The standard InChI is InChI=1S/C11H22O4/c1-2-7-13-8-3-4-9-14-10-5-6-11-15-12/h2,12H,1,3-11H2. The third-order valence-corrected chi connectivity index (χ3v) is 1.84. The molecule has 0 aliphatic heterocycles. The van der Waals surface area contributed by atoms with Crippen molar-refractivity contribution < 1.29 is 19.6 Å². The summed E-state index contributed by atoms with van der Waals surface area (Å²) in [6.45, 7) is 6.86. The van der Waals surface area contributed by atoms with Gasteiger partial charge in [0.1, 0.15) is 0 Å². The van der Waals surface area contributed by atoms with Gasteiger partial charge in [-0.05, 0) is 25.7 Å². The van der Waals surface area contributed by atoms with Gasteiger partial charge >= 0.3 is 0 Å². The highest BCUT2D eigenvalue weighted by molar-refractivity contribution is 4.63. The normalized spacial score (nSPS) is 10.5. The summed E-state index contributed by atoms with van der Waals surface area (Å²) < 4.78 is 10.6. The summed E-state index contributed by atoms with van der Waals surface area (Å²) in [4.78, 5) is 3.94. The maximum Gasteiger partial charge on any atom is 0.0820 e. The molecule has 0 spiro atoms. The number of unbranched alkanes of at least 4 members (excludes halogenated alkanes) is 2. The second kappa shape index (κ2) is 13.6. The molecule has 0 saturated carbocycles. The van der Waals surface area contributed by atoms with Crippen molar-refractivity contribution in [3.8, 4) is 0 Å². The average Bonchev–Trinajstić information content (AvgIpc) is 2.26. The van der Waals surface area contributed by atoms with Crippen LogP contribution in [0.4, 0.5) is 0 Å². The van der Waals surface area contributed by atoms with Gasteiger partial charge in [0.05, 0.1) is 13.2 Å². The first-order chi connectivity index (χ1) is 7.41. The Morgan fingerprint density at radius 1 is 0.867 bits per heavy atom. The van der Waals surface area contributed by atoms with E-state index in [1.54, 1.807) is 6.08 Å². The minimum atomic E-state index is 0.388. The molecule has 90 valence electrons. The van der Waals surface area contributed by atoms with Crippen LogP contribution in [0.25, 0.3) is 0 Å². The lowest BCUT2D eigenvalue weighted by Gasteiger charge is -2.04. The second-order valence-electron chi connectivity index (χ2n) is 3.22. The van der Waals surface area contributed by atoms with Gasteiger partial charge in [-0.15, -0.1) is 6.58 Å². The molecule has 0 rings (SSSR count). The van der Waals surface area contributed by atoms with Gasteiger partial charge < -0.3 is 9.47 Å². The fourth-order valence-corrected chi connectivity index (χ4v) is 1.05. The van der Waals surface area contributed by atoms with E-state index in [1.807, 2.05) is 0 Å². The molecule has 0 amide bonds. The van der Waals surface area contributed by atoms with E-state index in [-0.39, 0.29) is 0 Å². The van der Waals surface area contributed by atoms with Gasteiger partial charge in [-0.3, -0.25) is 5.26 Å². The van der Waals surface area contributed by atoms with Gasteiger partial charge in [0.2, 0.25) is 0 Å². The Morgan fingerprint density at radius 2 is 1.40 bits per heavy atom. The maximum absolute atomic E-state index is 8.05. The Labute approximate surface area is 91.8 Å². The van der Waals surface area contributed by atoms with Crippen LogP contribution >= 0.6 is 0 Å². The van der Waals surface area contributed by atoms with E-state index in [0.717, 1.165) is 45.5 Å². The molecule has 0 heterocycles. The van der Waals surface area contributed by atoms with Crippen LogP contribution in [0.5, 0.6) is 0 Å². The zero-order chi connectivity index (χ0) is 11.2. The van der Waals surface area contributed by atoms with E-state index in [9.17, 15) is 0 Å². The monoisotopic (exact) mass is 218 g/mol. The van der Waals surface area contributed by atoms with Gasteiger partial charge in [0.25, 0.3) is 0 Å². The first-order valence-corrected chi connectivity index (χ1v) is 5.44. The van der Waals surface area contributed by atoms with E-state index in [2.05, 4.69) is 11.5 Å². The highest BCUT2D eigenvalue weighted by Gasteiger charge is 1.91. The lowest BCUT2D eigenvalue weighted by Crippen LogP contribution is -2.01. The summed E-state index contributed by atoms with van der Waals surface area (Å²) in [5.74, 6) is 0. The molecule has 0 saturated heterocycles. The van der Waals surface area contributed by atoms with Crippen LogP contribution in [0.15, 0.2) is 12.7 Å². The van der Waals surface area contributed by atoms with Crippen molar-refractivity contribution in [3.63, 3.8) is 0 Å². The average molecular weight is 218 g/mol. The fourth-order valence-electron chi connectivity index (χ4n) is 1.05. The Balaban J connectivity index is 2.83. The Kier molecular flexibility index (Phi) is 13.2. The van der Waals surface area contributed by atoms with Crippen LogP contribution in [0.3, 0.4) is 0 Å². The minimum absolute atomic E-state index is 0.388. The Bertz CT molecular complexity index is 128.